The van der Waals surface area contributed by atoms with Crippen molar-refractivity contribution >= 4 is 11.7 Å². The normalized spacial score (nSPS) is 22.7. The van der Waals surface area contributed by atoms with Crippen LogP contribution in [0.25, 0.3) is 0 Å². The van der Waals surface area contributed by atoms with Gasteiger partial charge in [0, 0.05) is 37.8 Å². The van der Waals surface area contributed by atoms with Gasteiger partial charge in [-0.15, -0.1) is 5.10 Å². The highest BCUT2D eigenvalue weighted by atomic mass is 16.5. The first-order valence-electron chi connectivity index (χ1n) is 9.41. The third-order valence-electron chi connectivity index (χ3n) is 5.10. The predicted molar refractivity (Wildman–Crippen MR) is 97.7 cm³/mol. The zero-order chi connectivity index (χ0) is 17.9. The fraction of sp³-hybridized carbons (Fsp3) is 0.737. The molecule has 2 aliphatic heterocycles. The monoisotopic (exact) mass is 346 g/mol. The van der Waals surface area contributed by atoms with E-state index in [0.29, 0.717) is 0 Å². The summed E-state index contributed by atoms with van der Waals surface area (Å²) in [6, 6.07) is 4.35. The van der Waals surface area contributed by atoms with E-state index in [1.54, 1.807) is 0 Å². The Labute approximate surface area is 150 Å². The molecule has 0 spiro atoms. The van der Waals surface area contributed by atoms with E-state index in [0.717, 1.165) is 63.5 Å². The Morgan fingerprint density at radius 1 is 1.20 bits per heavy atom. The van der Waals surface area contributed by atoms with Crippen LogP contribution in [0.3, 0.4) is 0 Å². The highest BCUT2D eigenvalue weighted by Crippen LogP contribution is 2.24. The maximum Gasteiger partial charge on any atom is 0.225 e. The molecule has 1 amide bonds. The van der Waals surface area contributed by atoms with Crippen molar-refractivity contribution < 1.29 is 9.53 Å². The molecule has 1 unspecified atom stereocenters. The molecule has 25 heavy (non-hydrogen) atoms. The van der Waals surface area contributed by atoms with E-state index in [-0.39, 0.29) is 23.3 Å². The molecule has 0 radical (unpaired) electrons. The Morgan fingerprint density at radius 3 is 2.60 bits per heavy atom. The molecule has 2 saturated heterocycles. The van der Waals surface area contributed by atoms with E-state index in [1.807, 2.05) is 12.1 Å². The molecule has 3 heterocycles. The van der Waals surface area contributed by atoms with E-state index in [2.05, 4.69) is 41.2 Å². The molecule has 138 valence electrons. The van der Waals surface area contributed by atoms with Crippen LogP contribution in [0.5, 0.6) is 0 Å². The van der Waals surface area contributed by atoms with Crippen LogP contribution in [-0.2, 0) is 14.9 Å². The second kappa shape index (κ2) is 7.68. The molecule has 3 rings (SSSR count). The van der Waals surface area contributed by atoms with Gasteiger partial charge in [0.05, 0.1) is 11.6 Å². The minimum atomic E-state index is -0.000436. The van der Waals surface area contributed by atoms with Crippen LogP contribution < -0.4 is 10.2 Å². The average Bonchev–Trinajstić information content (AvgIpc) is 2.62. The van der Waals surface area contributed by atoms with Gasteiger partial charge in [0.2, 0.25) is 5.91 Å². The van der Waals surface area contributed by atoms with Crippen LogP contribution in [-0.4, -0.2) is 48.4 Å². The SMILES string of the molecule is CC(C)(C)c1ccc(N2CCCC(C(=O)NC3CCOCC3)C2)nn1. The Kier molecular flexibility index (Phi) is 5.57. The first-order valence-corrected chi connectivity index (χ1v) is 9.41. The number of nitrogens with one attached hydrogen (secondary N) is 1. The number of piperidine rings is 1. The summed E-state index contributed by atoms with van der Waals surface area (Å²) in [6.07, 6.45) is 3.79. The molecule has 0 saturated carbocycles. The summed E-state index contributed by atoms with van der Waals surface area (Å²) < 4.78 is 5.36. The lowest BCUT2D eigenvalue weighted by Crippen LogP contribution is -2.47. The number of anilines is 1. The van der Waals surface area contributed by atoms with Gasteiger partial charge in [-0.25, -0.2) is 0 Å². The Morgan fingerprint density at radius 2 is 1.96 bits per heavy atom. The number of rotatable bonds is 3. The van der Waals surface area contributed by atoms with Crippen molar-refractivity contribution in [3.05, 3.63) is 17.8 Å². The lowest BCUT2D eigenvalue weighted by molar-refractivity contribution is -0.126. The molecule has 1 aromatic rings. The molecule has 1 N–H and O–H groups in total. The first-order chi connectivity index (χ1) is 11.9. The molecule has 0 aliphatic carbocycles. The number of aromatic nitrogens is 2. The van der Waals surface area contributed by atoms with Crippen LogP contribution in [0.2, 0.25) is 0 Å². The maximum absolute atomic E-state index is 12.6. The number of carbonyl (C=O) groups is 1. The van der Waals surface area contributed by atoms with E-state index >= 15 is 0 Å². The van der Waals surface area contributed by atoms with E-state index in [4.69, 9.17) is 4.74 Å². The molecule has 6 nitrogen and oxygen atoms in total. The molecule has 1 atom stereocenters. The minimum absolute atomic E-state index is 0.000436. The summed E-state index contributed by atoms with van der Waals surface area (Å²) in [5.74, 6) is 1.08. The van der Waals surface area contributed by atoms with Crippen molar-refractivity contribution in [3.63, 3.8) is 0 Å². The summed E-state index contributed by atoms with van der Waals surface area (Å²) in [7, 11) is 0. The highest BCUT2D eigenvalue weighted by Gasteiger charge is 2.28. The predicted octanol–water partition coefficient (Wildman–Crippen LogP) is 2.29. The zero-order valence-corrected chi connectivity index (χ0v) is 15.6. The van der Waals surface area contributed by atoms with Crippen LogP contribution in [0, 0.1) is 5.92 Å². The van der Waals surface area contributed by atoms with Gasteiger partial charge in [0.1, 0.15) is 0 Å². The van der Waals surface area contributed by atoms with Crippen LogP contribution in [0.1, 0.15) is 52.1 Å². The van der Waals surface area contributed by atoms with E-state index in [1.165, 1.54) is 0 Å². The van der Waals surface area contributed by atoms with Crippen LogP contribution in [0.4, 0.5) is 5.82 Å². The number of nitrogens with zero attached hydrogens (tertiary/aromatic N) is 3. The molecule has 0 aromatic carbocycles. The molecular weight excluding hydrogens is 316 g/mol. The fourth-order valence-electron chi connectivity index (χ4n) is 3.45. The molecule has 1 aromatic heterocycles. The summed E-state index contributed by atoms with van der Waals surface area (Å²) in [5, 5.41) is 12.0. The maximum atomic E-state index is 12.6. The van der Waals surface area contributed by atoms with Gasteiger partial charge in [0.25, 0.3) is 0 Å². The van der Waals surface area contributed by atoms with Gasteiger partial charge in [-0.2, -0.15) is 5.10 Å². The van der Waals surface area contributed by atoms with Crippen molar-refractivity contribution in [2.75, 3.05) is 31.2 Å². The minimum Gasteiger partial charge on any atom is -0.381 e. The summed E-state index contributed by atoms with van der Waals surface area (Å²) in [6.45, 7) is 9.55. The number of amides is 1. The molecule has 6 heteroatoms. The first kappa shape index (κ1) is 18.1. The van der Waals surface area contributed by atoms with E-state index < -0.39 is 0 Å². The van der Waals surface area contributed by atoms with Crippen molar-refractivity contribution in [2.45, 2.75) is 57.9 Å². The third kappa shape index (κ3) is 4.69. The fourth-order valence-corrected chi connectivity index (χ4v) is 3.45. The smallest absolute Gasteiger partial charge is 0.225 e. The Hall–Kier alpha value is -1.69. The molecule has 2 aliphatic rings. The second-order valence-corrected chi connectivity index (χ2v) is 8.21. The summed E-state index contributed by atoms with van der Waals surface area (Å²) in [4.78, 5) is 14.8. The quantitative estimate of drug-likeness (QED) is 0.909. The molecule has 0 bridgehead atoms. The molecular formula is C19H30N4O2. The molecule has 2 fully saturated rings. The largest absolute Gasteiger partial charge is 0.381 e. The number of ether oxygens (including phenoxy) is 1. The topological polar surface area (TPSA) is 67.4 Å². The number of hydrogen-bond acceptors (Lipinski definition) is 5. The van der Waals surface area contributed by atoms with Gasteiger partial charge in [0.15, 0.2) is 5.82 Å². The van der Waals surface area contributed by atoms with Gasteiger partial charge >= 0.3 is 0 Å². The Bertz CT molecular complexity index is 576. The average molecular weight is 346 g/mol. The lowest BCUT2D eigenvalue weighted by Gasteiger charge is -2.34. The Balaban J connectivity index is 1.59. The van der Waals surface area contributed by atoms with Crippen molar-refractivity contribution in [3.8, 4) is 0 Å². The van der Waals surface area contributed by atoms with Crippen LogP contribution >= 0.6 is 0 Å². The summed E-state index contributed by atoms with van der Waals surface area (Å²) >= 11 is 0. The second-order valence-electron chi connectivity index (χ2n) is 8.21. The zero-order valence-electron chi connectivity index (χ0n) is 15.6. The van der Waals surface area contributed by atoms with Gasteiger partial charge in [-0.05, 0) is 37.8 Å². The number of hydrogen-bond donors (Lipinski definition) is 1. The van der Waals surface area contributed by atoms with Gasteiger partial charge < -0.3 is 15.0 Å². The van der Waals surface area contributed by atoms with Crippen molar-refractivity contribution in [2.24, 2.45) is 5.92 Å². The van der Waals surface area contributed by atoms with Crippen LogP contribution in [0.15, 0.2) is 12.1 Å². The van der Waals surface area contributed by atoms with Gasteiger partial charge in [-0.1, -0.05) is 20.8 Å². The van der Waals surface area contributed by atoms with E-state index in [9.17, 15) is 4.79 Å². The third-order valence-corrected chi connectivity index (χ3v) is 5.10. The van der Waals surface area contributed by atoms with Crippen molar-refractivity contribution in [1.29, 1.82) is 0 Å². The van der Waals surface area contributed by atoms with Gasteiger partial charge in [-0.3, -0.25) is 4.79 Å². The number of carbonyl (C=O) groups excluding carboxylic acids is 1. The van der Waals surface area contributed by atoms with Crippen molar-refractivity contribution in [1.82, 2.24) is 15.5 Å². The lowest BCUT2D eigenvalue weighted by atomic mass is 9.92. The standard InChI is InChI=1S/C19H30N4O2/c1-19(2,3)16-6-7-17(22-21-16)23-10-4-5-14(13-23)18(24)20-15-8-11-25-12-9-15/h6-7,14-15H,4-5,8-13H2,1-3H3,(H,20,24). The highest BCUT2D eigenvalue weighted by molar-refractivity contribution is 5.79. The summed E-state index contributed by atoms with van der Waals surface area (Å²) in [5.41, 5.74) is 0.988.